The zero-order valence-electron chi connectivity index (χ0n) is 18.5. The predicted octanol–water partition coefficient (Wildman–Crippen LogP) is 2.43. The first-order valence-corrected chi connectivity index (χ1v) is 12.1. The number of ketones is 1. The normalized spacial score (nSPS) is 18.6. The molecule has 1 unspecified atom stereocenters. The Balaban J connectivity index is 1.83. The smallest absolute Gasteiger partial charge is 0.238 e. The Morgan fingerprint density at radius 1 is 1.21 bits per heavy atom. The minimum absolute atomic E-state index is 0.00628. The zero-order valence-corrected chi connectivity index (χ0v) is 19.3. The van der Waals surface area contributed by atoms with E-state index in [1.165, 1.54) is 25.3 Å². The van der Waals surface area contributed by atoms with E-state index in [0.717, 1.165) is 5.56 Å². The number of phenols is 1. The van der Waals surface area contributed by atoms with E-state index in [1.54, 1.807) is 29.2 Å². The third-order valence-electron chi connectivity index (χ3n) is 6.14. The molecule has 0 fully saturated rings. The Labute approximate surface area is 197 Å². The van der Waals surface area contributed by atoms with E-state index in [0.29, 0.717) is 48.4 Å². The predicted molar refractivity (Wildman–Crippen MR) is 125 cm³/mol. The molecule has 0 radical (unpaired) electrons. The molecule has 2 aromatic carbocycles. The van der Waals surface area contributed by atoms with Gasteiger partial charge in [0.2, 0.25) is 10.0 Å². The summed E-state index contributed by atoms with van der Waals surface area (Å²) in [5, 5.41) is 25.2. The highest BCUT2D eigenvalue weighted by Gasteiger charge is 2.39. The third kappa shape index (κ3) is 4.11. The number of nitriles is 1. The molecule has 0 amide bonds. The molecule has 1 aliphatic heterocycles. The van der Waals surface area contributed by atoms with E-state index >= 15 is 0 Å². The minimum atomic E-state index is -3.87. The number of hydrogen-bond acceptors (Lipinski definition) is 8. The molecule has 0 spiro atoms. The molecule has 10 heteroatoms. The van der Waals surface area contributed by atoms with Crippen molar-refractivity contribution in [3.8, 4) is 17.6 Å². The van der Waals surface area contributed by atoms with Gasteiger partial charge in [-0.1, -0.05) is 6.07 Å². The first-order valence-electron chi connectivity index (χ1n) is 10.6. The van der Waals surface area contributed by atoms with Gasteiger partial charge in [-0.15, -0.1) is 0 Å². The second-order valence-electron chi connectivity index (χ2n) is 8.19. The number of sulfonamides is 1. The number of ether oxygens (including phenoxy) is 1. The van der Waals surface area contributed by atoms with Gasteiger partial charge in [-0.2, -0.15) is 5.26 Å². The van der Waals surface area contributed by atoms with Crippen LogP contribution in [0.15, 0.2) is 70.0 Å². The molecule has 1 heterocycles. The van der Waals surface area contributed by atoms with Crippen LogP contribution in [-0.2, 0) is 21.2 Å². The summed E-state index contributed by atoms with van der Waals surface area (Å²) in [6, 6.07) is 12.9. The number of nitrogens with zero attached hydrogens (tertiary/aromatic N) is 2. The van der Waals surface area contributed by atoms with Crippen molar-refractivity contribution < 1.29 is 23.1 Å². The quantitative estimate of drug-likeness (QED) is 0.588. The molecular weight excluding hydrogens is 456 g/mol. The number of anilines is 1. The maximum absolute atomic E-state index is 13.1. The molecule has 2 aromatic rings. The van der Waals surface area contributed by atoms with Crippen LogP contribution in [0.4, 0.5) is 5.69 Å². The Morgan fingerprint density at radius 3 is 2.53 bits per heavy atom. The van der Waals surface area contributed by atoms with Gasteiger partial charge in [0.05, 0.1) is 23.6 Å². The first kappa shape index (κ1) is 23.4. The van der Waals surface area contributed by atoms with Gasteiger partial charge in [0, 0.05) is 29.3 Å². The molecule has 0 saturated carbocycles. The van der Waals surface area contributed by atoms with Crippen molar-refractivity contribution in [1.29, 1.82) is 5.26 Å². The summed E-state index contributed by atoms with van der Waals surface area (Å²) in [4.78, 5) is 14.7. The number of Topliss-reactive ketones (excluding diaryl/α,β-unsaturated/α-hetero) is 1. The summed E-state index contributed by atoms with van der Waals surface area (Å²) < 4.78 is 28.5. The summed E-state index contributed by atoms with van der Waals surface area (Å²) in [5.74, 6) is -0.127. The van der Waals surface area contributed by atoms with Crippen LogP contribution in [0.3, 0.4) is 0 Å². The van der Waals surface area contributed by atoms with Crippen LogP contribution in [-0.4, -0.2) is 26.4 Å². The van der Waals surface area contributed by atoms with Crippen molar-refractivity contribution in [2.75, 3.05) is 12.0 Å². The first-order chi connectivity index (χ1) is 16.2. The molecule has 4 rings (SSSR count). The number of allylic oxidation sites excluding steroid dienone is 3. The fraction of sp³-hybridized carbons (Fsp3) is 0.250. The van der Waals surface area contributed by atoms with E-state index in [-0.39, 0.29) is 27.8 Å². The van der Waals surface area contributed by atoms with Crippen LogP contribution < -0.4 is 20.5 Å². The number of aromatic hydroxyl groups is 1. The lowest BCUT2D eigenvalue weighted by Gasteiger charge is -2.39. The number of carbonyl (C=O) groups excluding carboxylic acids is 1. The number of primary sulfonamides is 1. The Kier molecular flexibility index (Phi) is 6.08. The number of methoxy groups -OCH3 is 1. The lowest BCUT2D eigenvalue weighted by molar-refractivity contribution is -0.116. The molecule has 5 N–H and O–H groups in total. The highest BCUT2D eigenvalue weighted by Crippen LogP contribution is 2.43. The van der Waals surface area contributed by atoms with E-state index in [4.69, 9.17) is 15.6 Å². The van der Waals surface area contributed by atoms with Crippen molar-refractivity contribution in [3.63, 3.8) is 0 Å². The lowest BCUT2D eigenvalue weighted by atomic mass is 9.76. The lowest BCUT2D eigenvalue weighted by Crippen LogP contribution is -2.40. The van der Waals surface area contributed by atoms with Crippen molar-refractivity contribution >= 4 is 21.5 Å². The topological polar surface area (TPSA) is 160 Å². The Hall–Kier alpha value is -3.81. The van der Waals surface area contributed by atoms with Gasteiger partial charge in [0.25, 0.3) is 0 Å². The number of hydrogen-bond donors (Lipinski definition) is 3. The van der Waals surface area contributed by atoms with Crippen LogP contribution in [0.2, 0.25) is 0 Å². The molecular formula is C24H24N4O5S. The summed E-state index contributed by atoms with van der Waals surface area (Å²) in [5.41, 5.74) is 9.28. The third-order valence-corrected chi connectivity index (χ3v) is 7.07. The average molecular weight is 481 g/mol. The monoisotopic (exact) mass is 480 g/mol. The van der Waals surface area contributed by atoms with Crippen molar-refractivity contribution in [1.82, 2.24) is 0 Å². The number of carbonyl (C=O) groups is 1. The van der Waals surface area contributed by atoms with Gasteiger partial charge in [-0.25, -0.2) is 13.6 Å². The minimum Gasteiger partial charge on any atom is -0.504 e. The molecule has 1 atom stereocenters. The summed E-state index contributed by atoms with van der Waals surface area (Å²) in [6.07, 6.45) is 1.90. The molecule has 1 aliphatic carbocycles. The van der Waals surface area contributed by atoms with E-state index in [9.17, 15) is 23.6 Å². The van der Waals surface area contributed by atoms with Gasteiger partial charge in [0.15, 0.2) is 17.3 Å². The van der Waals surface area contributed by atoms with Gasteiger partial charge in [-0.3, -0.25) is 9.69 Å². The van der Waals surface area contributed by atoms with Crippen LogP contribution in [0.25, 0.3) is 0 Å². The van der Waals surface area contributed by atoms with E-state index in [1.807, 2.05) is 0 Å². The second-order valence-corrected chi connectivity index (χ2v) is 9.75. The maximum Gasteiger partial charge on any atom is 0.238 e. The Bertz CT molecular complexity index is 1370. The summed E-state index contributed by atoms with van der Waals surface area (Å²) >= 11 is 0. The van der Waals surface area contributed by atoms with E-state index in [2.05, 4.69) is 6.07 Å². The standard InChI is InChI=1S/C24H24N4O5S/c1-33-22-12-14(5-10-20(22)29)11-17-18(13-25)24(26)28(19-3-2-4-21(30)23(17)19)15-6-8-16(9-7-15)34(27,31)32/h5-10,12,17,29H,2-4,11,26H2,1H3,(H2,27,31,32). The number of rotatable bonds is 5. The van der Waals surface area contributed by atoms with Crippen molar-refractivity contribution in [2.45, 2.75) is 30.6 Å². The number of phenolic OH excluding ortho intramolecular Hbond substituents is 1. The van der Waals surface area contributed by atoms with Gasteiger partial charge in [-0.05, 0) is 61.2 Å². The van der Waals surface area contributed by atoms with Gasteiger partial charge in [0.1, 0.15) is 5.82 Å². The molecule has 0 saturated heterocycles. The molecule has 0 aromatic heterocycles. The highest BCUT2D eigenvalue weighted by molar-refractivity contribution is 7.89. The highest BCUT2D eigenvalue weighted by atomic mass is 32.2. The molecule has 2 aliphatic rings. The largest absolute Gasteiger partial charge is 0.504 e. The zero-order chi connectivity index (χ0) is 24.6. The van der Waals surface area contributed by atoms with Crippen molar-refractivity contribution in [3.05, 3.63) is 70.7 Å². The van der Waals surface area contributed by atoms with E-state index < -0.39 is 15.9 Å². The molecule has 176 valence electrons. The molecule has 34 heavy (non-hydrogen) atoms. The van der Waals surface area contributed by atoms with Crippen LogP contribution >= 0.6 is 0 Å². The second kappa shape index (κ2) is 8.85. The summed E-state index contributed by atoms with van der Waals surface area (Å²) in [6.45, 7) is 0. The maximum atomic E-state index is 13.1. The fourth-order valence-corrected chi connectivity index (χ4v) is 5.08. The molecule has 0 bridgehead atoms. The van der Waals surface area contributed by atoms with Gasteiger partial charge >= 0.3 is 0 Å². The van der Waals surface area contributed by atoms with Crippen LogP contribution in [0.5, 0.6) is 11.5 Å². The van der Waals surface area contributed by atoms with Crippen LogP contribution in [0, 0.1) is 17.2 Å². The summed E-state index contributed by atoms with van der Waals surface area (Å²) in [7, 11) is -2.43. The van der Waals surface area contributed by atoms with Gasteiger partial charge < -0.3 is 15.6 Å². The van der Waals surface area contributed by atoms with Crippen molar-refractivity contribution in [2.24, 2.45) is 16.8 Å². The SMILES string of the molecule is COc1cc(CC2C(C#N)=C(N)N(c3ccc(S(N)(=O)=O)cc3)C3=C2C(=O)CCC3)ccc1O. The molecule has 9 nitrogen and oxygen atoms in total. The number of nitrogens with two attached hydrogens (primary N) is 2. The average Bonchev–Trinajstić information content (AvgIpc) is 2.80. The fourth-order valence-electron chi connectivity index (χ4n) is 4.57. The van der Waals surface area contributed by atoms with Crippen LogP contribution in [0.1, 0.15) is 24.8 Å². The Morgan fingerprint density at radius 2 is 1.91 bits per heavy atom. The number of benzene rings is 2.